The summed E-state index contributed by atoms with van der Waals surface area (Å²) in [5, 5.41) is 8.45. The number of aromatic nitrogens is 2. The molecule has 0 bridgehead atoms. The van der Waals surface area contributed by atoms with E-state index in [0.29, 0.717) is 13.0 Å². The average Bonchev–Trinajstić information content (AvgIpc) is 2.82. The Balaban J connectivity index is 2.94. The standard InChI is InChI=1S/C9H16N4O3S/c1-3-4-13(7-9(14)10-2)17(15,16)8-5-11-12-6-8/h5-6H,3-4,7H2,1-2H3,(H,10,14)(H,11,12). The molecule has 0 atom stereocenters. The molecule has 0 fully saturated rings. The van der Waals surface area contributed by atoms with Crippen LogP contribution >= 0.6 is 0 Å². The van der Waals surface area contributed by atoms with Gasteiger partial charge in [-0.25, -0.2) is 8.42 Å². The minimum Gasteiger partial charge on any atom is -0.358 e. The van der Waals surface area contributed by atoms with E-state index in [2.05, 4.69) is 15.5 Å². The third kappa shape index (κ3) is 3.27. The van der Waals surface area contributed by atoms with Crippen molar-refractivity contribution in [2.45, 2.75) is 18.2 Å². The highest BCUT2D eigenvalue weighted by Gasteiger charge is 2.26. The summed E-state index contributed by atoms with van der Waals surface area (Å²) < 4.78 is 25.4. The van der Waals surface area contributed by atoms with E-state index in [9.17, 15) is 13.2 Å². The molecule has 96 valence electrons. The average molecular weight is 260 g/mol. The number of amides is 1. The SMILES string of the molecule is CCCN(CC(=O)NC)S(=O)(=O)c1cn[nH]c1. The lowest BCUT2D eigenvalue weighted by molar-refractivity contribution is -0.120. The molecule has 0 spiro atoms. The second-order valence-corrected chi connectivity index (χ2v) is 5.38. The number of rotatable bonds is 6. The number of hydrogen-bond acceptors (Lipinski definition) is 4. The molecular formula is C9H16N4O3S. The number of carbonyl (C=O) groups is 1. The first-order chi connectivity index (χ1) is 8.02. The van der Waals surface area contributed by atoms with Gasteiger partial charge in [-0.2, -0.15) is 9.40 Å². The van der Waals surface area contributed by atoms with Gasteiger partial charge < -0.3 is 5.32 Å². The van der Waals surface area contributed by atoms with Crippen LogP contribution in [-0.4, -0.2) is 49.0 Å². The van der Waals surface area contributed by atoms with Crippen LogP contribution < -0.4 is 5.32 Å². The van der Waals surface area contributed by atoms with Gasteiger partial charge in [0.2, 0.25) is 15.9 Å². The lowest BCUT2D eigenvalue weighted by Gasteiger charge is -2.19. The Labute approximate surface area is 100 Å². The number of carbonyl (C=O) groups excluding carboxylic acids is 1. The largest absolute Gasteiger partial charge is 0.358 e. The Kier molecular flexibility index (Phi) is 4.64. The lowest BCUT2D eigenvalue weighted by atomic mass is 10.4. The molecule has 0 aromatic carbocycles. The summed E-state index contributed by atoms with van der Waals surface area (Å²) in [7, 11) is -2.18. The first kappa shape index (κ1) is 13.7. The lowest BCUT2D eigenvalue weighted by Crippen LogP contribution is -2.39. The van der Waals surface area contributed by atoms with Crippen molar-refractivity contribution < 1.29 is 13.2 Å². The summed E-state index contributed by atoms with van der Waals surface area (Å²) in [6, 6.07) is 0. The minimum atomic E-state index is -3.65. The van der Waals surface area contributed by atoms with E-state index >= 15 is 0 Å². The third-order valence-corrected chi connectivity index (χ3v) is 3.99. The highest BCUT2D eigenvalue weighted by atomic mass is 32.2. The third-order valence-electron chi connectivity index (χ3n) is 2.18. The topological polar surface area (TPSA) is 95.2 Å². The van der Waals surface area contributed by atoms with Crippen molar-refractivity contribution in [2.24, 2.45) is 0 Å². The Hall–Kier alpha value is -1.41. The predicted octanol–water partition coefficient (Wildman–Crippen LogP) is -0.444. The van der Waals surface area contributed by atoms with Gasteiger partial charge in [-0.3, -0.25) is 9.89 Å². The number of H-pyrrole nitrogens is 1. The Morgan fingerprint density at radius 1 is 1.59 bits per heavy atom. The first-order valence-electron chi connectivity index (χ1n) is 5.22. The fraction of sp³-hybridized carbons (Fsp3) is 0.556. The maximum absolute atomic E-state index is 12.1. The van der Waals surface area contributed by atoms with Crippen LogP contribution in [0.25, 0.3) is 0 Å². The molecule has 1 amide bonds. The predicted molar refractivity (Wildman–Crippen MR) is 61.7 cm³/mol. The fourth-order valence-corrected chi connectivity index (χ4v) is 2.70. The quantitative estimate of drug-likeness (QED) is 0.724. The van der Waals surface area contributed by atoms with Crippen LogP contribution in [-0.2, 0) is 14.8 Å². The van der Waals surface area contributed by atoms with E-state index in [4.69, 9.17) is 0 Å². The normalized spacial score (nSPS) is 11.7. The smallest absolute Gasteiger partial charge is 0.246 e. The molecule has 0 aliphatic heterocycles. The second kappa shape index (κ2) is 5.78. The molecule has 0 saturated heterocycles. The molecule has 2 N–H and O–H groups in total. The second-order valence-electron chi connectivity index (χ2n) is 3.45. The number of likely N-dealkylation sites (N-methyl/N-ethyl adjacent to an activating group) is 1. The number of nitrogens with one attached hydrogen (secondary N) is 2. The summed E-state index contributed by atoms with van der Waals surface area (Å²) in [6.07, 6.45) is 3.15. The van der Waals surface area contributed by atoms with Gasteiger partial charge in [0.1, 0.15) is 4.90 Å². The molecule has 0 aliphatic carbocycles. The summed E-state index contributed by atoms with van der Waals surface area (Å²) in [5.41, 5.74) is 0. The Morgan fingerprint density at radius 2 is 2.29 bits per heavy atom. The number of hydrogen-bond donors (Lipinski definition) is 2. The van der Waals surface area contributed by atoms with Crippen LogP contribution in [0, 0.1) is 0 Å². The molecule has 1 rings (SSSR count). The van der Waals surface area contributed by atoms with Gasteiger partial charge in [-0.15, -0.1) is 0 Å². The van der Waals surface area contributed by atoms with Gasteiger partial charge >= 0.3 is 0 Å². The molecule has 8 heteroatoms. The van der Waals surface area contributed by atoms with Crippen LogP contribution in [0.4, 0.5) is 0 Å². The Morgan fingerprint density at radius 3 is 2.76 bits per heavy atom. The van der Waals surface area contributed by atoms with E-state index in [-0.39, 0.29) is 17.3 Å². The monoisotopic (exact) mass is 260 g/mol. The van der Waals surface area contributed by atoms with Gasteiger partial charge in [0, 0.05) is 19.8 Å². The number of aromatic amines is 1. The molecule has 1 aromatic heterocycles. The van der Waals surface area contributed by atoms with Crippen molar-refractivity contribution in [3.8, 4) is 0 Å². The van der Waals surface area contributed by atoms with Crippen molar-refractivity contribution in [1.82, 2.24) is 19.8 Å². The number of nitrogens with zero attached hydrogens (tertiary/aromatic N) is 2. The maximum atomic E-state index is 12.1. The highest BCUT2D eigenvalue weighted by molar-refractivity contribution is 7.89. The van der Waals surface area contributed by atoms with Crippen molar-refractivity contribution in [3.63, 3.8) is 0 Å². The van der Waals surface area contributed by atoms with Crippen molar-refractivity contribution >= 4 is 15.9 Å². The van der Waals surface area contributed by atoms with Gasteiger partial charge in [0.05, 0.1) is 12.7 Å². The van der Waals surface area contributed by atoms with Crippen molar-refractivity contribution in [2.75, 3.05) is 20.1 Å². The molecule has 0 aliphatic rings. The minimum absolute atomic E-state index is 0.0647. The molecule has 0 unspecified atom stereocenters. The zero-order chi connectivity index (χ0) is 12.9. The summed E-state index contributed by atoms with van der Waals surface area (Å²) in [4.78, 5) is 11.3. The summed E-state index contributed by atoms with van der Waals surface area (Å²) >= 11 is 0. The molecule has 7 nitrogen and oxygen atoms in total. The van der Waals surface area contributed by atoms with Crippen LogP contribution in [0.3, 0.4) is 0 Å². The van der Waals surface area contributed by atoms with E-state index in [1.165, 1.54) is 19.4 Å². The van der Waals surface area contributed by atoms with Gasteiger partial charge in [0.15, 0.2) is 0 Å². The fourth-order valence-electron chi connectivity index (χ4n) is 1.30. The zero-order valence-corrected chi connectivity index (χ0v) is 10.6. The van der Waals surface area contributed by atoms with E-state index in [0.717, 1.165) is 4.31 Å². The molecule has 1 heterocycles. The van der Waals surface area contributed by atoms with Crippen LogP contribution in [0.15, 0.2) is 17.3 Å². The molecule has 0 radical (unpaired) electrons. The van der Waals surface area contributed by atoms with Crippen LogP contribution in [0.5, 0.6) is 0 Å². The van der Waals surface area contributed by atoms with Crippen LogP contribution in [0.2, 0.25) is 0 Å². The maximum Gasteiger partial charge on any atom is 0.246 e. The first-order valence-corrected chi connectivity index (χ1v) is 6.66. The molecular weight excluding hydrogens is 244 g/mol. The van der Waals surface area contributed by atoms with Crippen molar-refractivity contribution in [1.29, 1.82) is 0 Å². The van der Waals surface area contributed by atoms with Gasteiger partial charge in [0.25, 0.3) is 0 Å². The number of sulfonamides is 1. The van der Waals surface area contributed by atoms with Gasteiger partial charge in [-0.1, -0.05) is 6.92 Å². The van der Waals surface area contributed by atoms with Crippen molar-refractivity contribution in [3.05, 3.63) is 12.4 Å². The van der Waals surface area contributed by atoms with E-state index in [1.54, 1.807) is 0 Å². The molecule has 17 heavy (non-hydrogen) atoms. The Bertz CT molecular complexity index is 455. The van der Waals surface area contributed by atoms with Gasteiger partial charge in [-0.05, 0) is 6.42 Å². The highest BCUT2D eigenvalue weighted by Crippen LogP contribution is 2.13. The molecule has 0 saturated carbocycles. The van der Waals surface area contributed by atoms with E-state index < -0.39 is 10.0 Å². The van der Waals surface area contributed by atoms with Crippen LogP contribution in [0.1, 0.15) is 13.3 Å². The zero-order valence-electron chi connectivity index (χ0n) is 9.80. The molecule has 1 aromatic rings. The summed E-state index contributed by atoms with van der Waals surface area (Å²) in [6.45, 7) is 1.96. The van der Waals surface area contributed by atoms with E-state index in [1.807, 2.05) is 6.92 Å². The summed E-state index contributed by atoms with van der Waals surface area (Å²) in [5.74, 6) is -0.342.